The van der Waals surface area contributed by atoms with E-state index in [2.05, 4.69) is 9.88 Å². The minimum absolute atomic E-state index is 0.0403. The number of anilines is 1. The highest BCUT2D eigenvalue weighted by molar-refractivity contribution is 7.92. The fourth-order valence-corrected chi connectivity index (χ4v) is 4.73. The molecule has 174 valence electrons. The first kappa shape index (κ1) is 22.8. The molecule has 1 atom stereocenters. The number of rotatable bonds is 7. The summed E-state index contributed by atoms with van der Waals surface area (Å²) >= 11 is 0. The zero-order chi connectivity index (χ0) is 23.6. The molecule has 2 aliphatic heterocycles. The van der Waals surface area contributed by atoms with E-state index >= 15 is 0 Å². The molecule has 1 N–H and O–H groups in total. The third-order valence-corrected chi connectivity index (χ3v) is 6.20. The van der Waals surface area contributed by atoms with Crippen molar-refractivity contribution in [3.8, 4) is 5.75 Å². The Kier molecular flexibility index (Phi) is 6.11. The van der Waals surface area contributed by atoms with Crippen LogP contribution in [0.5, 0.6) is 5.75 Å². The molecule has 0 amide bonds. The van der Waals surface area contributed by atoms with Crippen molar-refractivity contribution in [2.24, 2.45) is 5.16 Å². The molecule has 2 aromatic carbocycles. The number of piperidine rings is 1. The number of nitrogens with zero attached hydrogens (tertiary/aromatic N) is 2. The van der Waals surface area contributed by atoms with Crippen LogP contribution >= 0.6 is 0 Å². The molecule has 0 aliphatic carbocycles. The van der Waals surface area contributed by atoms with E-state index in [-0.39, 0.29) is 12.2 Å². The number of carbonyl (C=O) groups excluding carboxylic acids is 1. The lowest BCUT2D eigenvalue weighted by Crippen LogP contribution is -2.49. The Hall–Kier alpha value is -3.40. The van der Waals surface area contributed by atoms with Gasteiger partial charge in [0.2, 0.25) is 15.7 Å². The quantitative estimate of drug-likeness (QED) is 0.619. The van der Waals surface area contributed by atoms with E-state index in [4.69, 9.17) is 9.57 Å². The van der Waals surface area contributed by atoms with Crippen molar-refractivity contribution in [1.29, 1.82) is 0 Å². The van der Waals surface area contributed by atoms with E-state index < -0.39 is 15.7 Å². The van der Waals surface area contributed by atoms with E-state index in [9.17, 15) is 17.6 Å². The maximum atomic E-state index is 13.5. The van der Waals surface area contributed by atoms with Gasteiger partial charge in [0.05, 0.1) is 25.5 Å². The van der Waals surface area contributed by atoms with Crippen LogP contribution in [0.15, 0.2) is 53.2 Å². The van der Waals surface area contributed by atoms with Crippen LogP contribution in [-0.4, -0.2) is 45.3 Å². The first-order valence-electron chi connectivity index (χ1n) is 10.4. The number of hydrogen-bond donors (Lipinski definition) is 1. The Balaban J connectivity index is 1.67. The Morgan fingerprint density at radius 1 is 1.27 bits per heavy atom. The second kappa shape index (κ2) is 8.86. The van der Waals surface area contributed by atoms with Crippen LogP contribution in [0.1, 0.15) is 30.4 Å². The molecule has 1 unspecified atom stereocenters. The number of hydrogen-bond acceptors (Lipinski definition) is 7. The molecule has 10 heteroatoms. The normalized spacial score (nSPS) is 21.2. The van der Waals surface area contributed by atoms with Gasteiger partial charge in [-0.2, -0.15) is 0 Å². The molecule has 0 saturated carbocycles. The lowest BCUT2D eigenvalue weighted by atomic mass is 9.92. The van der Waals surface area contributed by atoms with Crippen LogP contribution in [0.25, 0.3) is 6.08 Å². The van der Waals surface area contributed by atoms with E-state index in [1.807, 2.05) is 11.0 Å². The lowest BCUT2D eigenvalue weighted by molar-refractivity contribution is -0.132. The summed E-state index contributed by atoms with van der Waals surface area (Å²) in [5, 5.41) is 4.31. The van der Waals surface area contributed by atoms with E-state index in [1.165, 1.54) is 19.2 Å². The van der Waals surface area contributed by atoms with Gasteiger partial charge in [0, 0.05) is 12.1 Å². The van der Waals surface area contributed by atoms with Crippen LogP contribution in [0.4, 0.5) is 10.1 Å². The number of carbonyl (C=O) groups is 1. The first-order valence-corrected chi connectivity index (χ1v) is 12.3. The molecular formula is C23H24FN3O5S. The van der Waals surface area contributed by atoms with Crippen molar-refractivity contribution in [2.75, 3.05) is 24.6 Å². The Labute approximate surface area is 191 Å². The van der Waals surface area contributed by atoms with Crippen LogP contribution in [0.3, 0.4) is 0 Å². The minimum atomic E-state index is -3.45. The highest BCUT2D eigenvalue weighted by atomic mass is 32.2. The van der Waals surface area contributed by atoms with Crippen molar-refractivity contribution in [3.63, 3.8) is 0 Å². The summed E-state index contributed by atoms with van der Waals surface area (Å²) in [6.07, 6.45) is 5.37. The summed E-state index contributed by atoms with van der Waals surface area (Å²) in [7, 11) is -1.98. The molecule has 2 heterocycles. The Bertz CT molecular complexity index is 1230. The summed E-state index contributed by atoms with van der Waals surface area (Å²) in [6.45, 7) is 0.627. The Morgan fingerprint density at radius 3 is 2.70 bits per heavy atom. The van der Waals surface area contributed by atoms with Crippen LogP contribution in [0, 0.1) is 5.82 Å². The van der Waals surface area contributed by atoms with Gasteiger partial charge in [-0.1, -0.05) is 23.4 Å². The summed E-state index contributed by atoms with van der Waals surface area (Å²) in [5.74, 6) is 0.625. The molecule has 0 radical (unpaired) electrons. The summed E-state index contributed by atoms with van der Waals surface area (Å²) < 4.78 is 44.4. The maximum Gasteiger partial charge on any atom is 0.243 e. The molecule has 8 nitrogen and oxygen atoms in total. The van der Waals surface area contributed by atoms with Crippen molar-refractivity contribution in [3.05, 3.63) is 65.0 Å². The third kappa shape index (κ3) is 4.56. The van der Waals surface area contributed by atoms with E-state index in [1.54, 1.807) is 30.3 Å². The van der Waals surface area contributed by atoms with Gasteiger partial charge in [0.25, 0.3) is 0 Å². The number of fused-ring (bicyclic) bond motifs is 1. The summed E-state index contributed by atoms with van der Waals surface area (Å²) in [4.78, 5) is 19.3. The molecule has 1 saturated heterocycles. The molecule has 2 aliphatic rings. The predicted octanol–water partition coefficient (Wildman–Crippen LogP) is 3.47. The van der Waals surface area contributed by atoms with E-state index in [0.29, 0.717) is 29.4 Å². The average Bonchev–Trinajstić information content (AvgIpc) is 3.15. The monoisotopic (exact) mass is 473 g/mol. The fourth-order valence-electron chi connectivity index (χ4n) is 4.16. The highest BCUT2D eigenvalue weighted by Crippen LogP contribution is 2.42. The molecule has 1 fully saturated rings. The molecule has 0 aromatic heterocycles. The van der Waals surface area contributed by atoms with Crippen molar-refractivity contribution in [2.45, 2.75) is 25.0 Å². The van der Waals surface area contributed by atoms with Crippen LogP contribution < -0.4 is 9.46 Å². The van der Waals surface area contributed by atoms with Gasteiger partial charge in [-0.05, 0) is 54.3 Å². The smallest absolute Gasteiger partial charge is 0.243 e. The molecule has 4 rings (SSSR count). The van der Waals surface area contributed by atoms with Gasteiger partial charge >= 0.3 is 0 Å². The predicted molar refractivity (Wildman–Crippen MR) is 123 cm³/mol. The number of halogens is 1. The first-order chi connectivity index (χ1) is 15.8. The van der Waals surface area contributed by atoms with Gasteiger partial charge in [-0.25, -0.2) is 12.8 Å². The average molecular weight is 474 g/mol. The second-order valence-corrected chi connectivity index (χ2v) is 9.68. The van der Waals surface area contributed by atoms with Gasteiger partial charge < -0.3 is 19.3 Å². The van der Waals surface area contributed by atoms with Crippen molar-refractivity contribution >= 4 is 33.9 Å². The number of nitrogens with one attached hydrogen (secondary N) is 1. The van der Waals surface area contributed by atoms with Crippen LogP contribution in [-0.2, 0) is 25.4 Å². The standard InChI is InChI=1S/C23H24FN3O5S/c1-31-21-15-16(5-10-20(21)26-33(2,29)30)14-17-4-3-12-27-22(17)25-32-23(27,11-13-28)18-6-8-19(24)9-7-18/h5-10,13-15,26H,3-4,11-12H2,1-2H3. The number of benzene rings is 2. The van der Waals surface area contributed by atoms with Gasteiger partial charge in [-0.3, -0.25) is 4.72 Å². The summed E-state index contributed by atoms with van der Waals surface area (Å²) in [5.41, 5.74) is 1.57. The molecule has 0 bridgehead atoms. The number of ether oxygens (including phenoxy) is 1. The molecule has 0 spiro atoms. The van der Waals surface area contributed by atoms with Crippen molar-refractivity contribution in [1.82, 2.24) is 4.90 Å². The molecule has 33 heavy (non-hydrogen) atoms. The number of aldehydes is 1. The number of amidine groups is 1. The number of sulfonamides is 1. The topological polar surface area (TPSA) is 97.3 Å². The van der Waals surface area contributed by atoms with Crippen LogP contribution in [0.2, 0.25) is 0 Å². The minimum Gasteiger partial charge on any atom is -0.495 e. The van der Waals surface area contributed by atoms with Gasteiger partial charge in [0.15, 0.2) is 5.84 Å². The largest absolute Gasteiger partial charge is 0.495 e. The lowest BCUT2D eigenvalue weighted by Gasteiger charge is -2.39. The van der Waals surface area contributed by atoms with Crippen molar-refractivity contribution < 1.29 is 27.2 Å². The number of methoxy groups -OCH3 is 1. The molecular weight excluding hydrogens is 449 g/mol. The second-order valence-electron chi connectivity index (χ2n) is 7.93. The van der Waals surface area contributed by atoms with E-state index in [0.717, 1.165) is 36.5 Å². The zero-order valence-electron chi connectivity index (χ0n) is 18.2. The third-order valence-electron chi connectivity index (χ3n) is 5.61. The zero-order valence-corrected chi connectivity index (χ0v) is 19.1. The molecule has 2 aromatic rings. The highest BCUT2D eigenvalue weighted by Gasteiger charge is 2.49. The number of oxime groups is 1. The fraction of sp³-hybridized carbons (Fsp3) is 0.304. The maximum absolute atomic E-state index is 13.5. The Morgan fingerprint density at radius 2 is 2.03 bits per heavy atom. The van der Waals surface area contributed by atoms with Gasteiger partial charge in [0.1, 0.15) is 17.9 Å². The SMILES string of the molecule is COc1cc(C=C2CCCN3C2=NOC3(CC=O)c2ccc(F)cc2)ccc1NS(C)(=O)=O. The van der Waals surface area contributed by atoms with Gasteiger partial charge in [-0.15, -0.1) is 0 Å². The summed E-state index contributed by atoms with van der Waals surface area (Å²) in [6, 6.07) is 11.0.